The molecule has 0 amide bonds. The first-order valence-corrected chi connectivity index (χ1v) is 8.13. The normalized spacial score (nSPS) is 11.7. The number of imidazole rings is 1. The third kappa shape index (κ3) is 2.33. The van der Waals surface area contributed by atoms with Crippen molar-refractivity contribution in [1.82, 2.24) is 14.4 Å². The predicted octanol–water partition coefficient (Wildman–Crippen LogP) is 1.50. The van der Waals surface area contributed by atoms with Crippen LogP contribution in [0.1, 0.15) is 10.6 Å². The number of carboxylic acids is 1. The van der Waals surface area contributed by atoms with Gasteiger partial charge in [-0.15, -0.1) is 0 Å². The zero-order valence-electron chi connectivity index (χ0n) is 11.5. The number of fused-ring (bicyclic) bond motifs is 1. The predicted molar refractivity (Wildman–Crippen MR) is 78.5 cm³/mol. The van der Waals surface area contributed by atoms with Gasteiger partial charge in [0, 0.05) is 24.2 Å². The Labute approximate surface area is 125 Å². The maximum absolute atomic E-state index is 11.5. The summed E-state index contributed by atoms with van der Waals surface area (Å²) in [6.45, 7) is 0. The van der Waals surface area contributed by atoms with Crippen molar-refractivity contribution in [2.75, 3.05) is 6.26 Å². The van der Waals surface area contributed by atoms with Crippen LogP contribution in [-0.4, -0.2) is 40.1 Å². The standard InChI is InChI=1S/C14H11N3O4S/c1-22(20,21)10-4-2-9(3-5-10)12-11-8-15-6-7-17(11)13(16-12)14(18)19/h2-8H,1H3,(H,18,19). The highest BCUT2D eigenvalue weighted by molar-refractivity contribution is 7.90. The van der Waals surface area contributed by atoms with Crippen LogP contribution in [0.4, 0.5) is 0 Å². The largest absolute Gasteiger partial charge is 0.475 e. The van der Waals surface area contributed by atoms with Crippen LogP contribution < -0.4 is 0 Å². The molecule has 112 valence electrons. The van der Waals surface area contributed by atoms with E-state index >= 15 is 0 Å². The topological polar surface area (TPSA) is 102 Å². The van der Waals surface area contributed by atoms with E-state index in [2.05, 4.69) is 9.97 Å². The molecule has 0 aliphatic heterocycles. The van der Waals surface area contributed by atoms with Gasteiger partial charge in [0.2, 0.25) is 5.82 Å². The Balaban J connectivity index is 2.20. The molecule has 0 aliphatic rings. The SMILES string of the molecule is CS(=O)(=O)c1ccc(-c2nc(C(=O)O)n3ccncc23)cc1. The highest BCUT2D eigenvalue weighted by Crippen LogP contribution is 2.25. The van der Waals surface area contributed by atoms with Gasteiger partial charge in [-0.1, -0.05) is 12.1 Å². The summed E-state index contributed by atoms with van der Waals surface area (Å²) < 4.78 is 24.4. The molecule has 7 nitrogen and oxygen atoms in total. The summed E-state index contributed by atoms with van der Waals surface area (Å²) in [6.07, 6.45) is 5.62. The third-order valence-corrected chi connectivity index (χ3v) is 4.32. The fraction of sp³-hybridized carbons (Fsp3) is 0.0714. The molecule has 0 unspecified atom stereocenters. The molecular formula is C14H11N3O4S. The number of aromatic nitrogens is 3. The first-order chi connectivity index (χ1) is 10.4. The van der Waals surface area contributed by atoms with Gasteiger partial charge in [0.1, 0.15) is 0 Å². The minimum atomic E-state index is -3.28. The number of nitrogens with zero attached hydrogens (tertiary/aromatic N) is 3. The lowest BCUT2D eigenvalue weighted by molar-refractivity contribution is 0.0683. The molecular weight excluding hydrogens is 306 g/mol. The van der Waals surface area contributed by atoms with E-state index in [-0.39, 0.29) is 10.7 Å². The maximum atomic E-state index is 11.5. The zero-order chi connectivity index (χ0) is 15.9. The Morgan fingerprint density at radius 2 is 1.91 bits per heavy atom. The summed E-state index contributed by atoms with van der Waals surface area (Å²) in [6, 6.07) is 6.12. The number of carbonyl (C=O) groups is 1. The number of aromatic carboxylic acids is 1. The average molecular weight is 317 g/mol. The molecule has 0 spiro atoms. The third-order valence-electron chi connectivity index (χ3n) is 3.19. The van der Waals surface area contributed by atoms with Crippen molar-refractivity contribution in [1.29, 1.82) is 0 Å². The summed E-state index contributed by atoms with van der Waals surface area (Å²) in [4.78, 5) is 19.6. The van der Waals surface area contributed by atoms with E-state index in [0.717, 1.165) is 6.26 Å². The van der Waals surface area contributed by atoms with Crippen molar-refractivity contribution in [3.8, 4) is 11.3 Å². The molecule has 0 fully saturated rings. The number of hydrogen-bond donors (Lipinski definition) is 1. The molecule has 2 aromatic heterocycles. The quantitative estimate of drug-likeness (QED) is 0.785. The molecule has 2 heterocycles. The fourth-order valence-electron chi connectivity index (χ4n) is 2.16. The van der Waals surface area contributed by atoms with Crippen molar-refractivity contribution in [2.24, 2.45) is 0 Å². The molecule has 3 rings (SSSR count). The monoisotopic (exact) mass is 317 g/mol. The van der Waals surface area contributed by atoms with Crippen LogP contribution in [0.15, 0.2) is 47.8 Å². The highest BCUT2D eigenvalue weighted by atomic mass is 32.2. The molecule has 8 heteroatoms. The maximum Gasteiger partial charge on any atom is 0.372 e. The van der Waals surface area contributed by atoms with E-state index in [9.17, 15) is 18.3 Å². The molecule has 0 saturated carbocycles. The Morgan fingerprint density at radius 1 is 1.23 bits per heavy atom. The lowest BCUT2D eigenvalue weighted by Crippen LogP contribution is -2.03. The molecule has 0 radical (unpaired) electrons. The van der Waals surface area contributed by atoms with E-state index in [4.69, 9.17) is 0 Å². The van der Waals surface area contributed by atoms with Crippen LogP contribution in [0.3, 0.4) is 0 Å². The van der Waals surface area contributed by atoms with Gasteiger partial charge in [-0.2, -0.15) is 0 Å². The molecule has 0 atom stereocenters. The second-order valence-electron chi connectivity index (χ2n) is 4.72. The lowest BCUT2D eigenvalue weighted by Gasteiger charge is -2.01. The number of rotatable bonds is 3. The molecule has 0 aliphatic carbocycles. The van der Waals surface area contributed by atoms with Crippen LogP contribution in [0, 0.1) is 0 Å². The van der Waals surface area contributed by atoms with Gasteiger partial charge in [-0.05, 0) is 12.1 Å². The van der Waals surface area contributed by atoms with Gasteiger partial charge in [-0.3, -0.25) is 9.38 Å². The van der Waals surface area contributed by atoms with Crippen LogP contribution in [-0.2, 0) is 9.84 Å². The van der Waals surface area contributed by atoms with Gasteiger partial charge in [0.05, 0.1) is 22.3 Å². The summed E-state index contributed by atoms with van der Waals surface area (Å²) in [7, 11) is -3.28. The van der Waals surface area contributed by atoms with Gasteiger partial charge in [0.25, 0.3) is 0 Å². The van der Waals surface area contributed by atoms with E-state index in [1.165, 1.54) is 35.1 Å². The van der Waals surface area contributed by atoms with Crippen molar-refractivity contribution in [3.05, 3.63) is 48.7 Å². The Morgan fingerprint density at radius 3 is 2.50 bits per heavy atom. The van der Waals surface area contributed by atoms with Crippen LogP contribution in [0.5, 0.6) is 0 Å². The second-order valence-corrected chi connectivity index (χ2v) is 6.73. The number of sulfone groups is 1. The molecule has 0 bridgehead atoms. The van der Waals surface area contributed by atoms with E-state index in [1.807, 2.05) is 0 Å². The zero-order valence-corrected chi connectivity index (χ0v) is 12.3. The lowest BCUT2D eigenvalue weighted by atomic mass is 10.1. The Bertz CT molecular complexity index is 975. The summed E-state index contributed by atoms with van der Waals surface area (Å²) in [5.74, 6) is -1.28. The number of carboxylic acid groups (broad SMARTS) is 1. The van der Waals surface area contributed by atoms with Crippen molar-refractivity contribution < 1.29 is 18.3 Å². The molecule has 1 aromatic carbocycles. The second kappa shape index (κ2) is 4.92. The van der Waals surface area contributed by atoms with Crippen LogP contribution in [0.2, 0.25) is 0 Å². The van der Waals surface area contributed by atoms with Crippen LogP contribution >= 0.6 is 0 Å². The van der Waals surface area contributed by atoms with E-state index < -0.39 is 15.8 Å². The smallest absolute Gasteiger partial charge is 0.372 e. The number of benzene rings is 1. The number of hydrogen-bond acceptors (Lipinski definition) is 5. The Kier molecular flexibility index (Phi) is 3.18. The Hall–Kier alpha value is -2.74. The van der Waals surface area contributed by atoms with Gasteiger partial charge in [0.15, 0.2) is 9.84 Å². The van der Waals surface area contributed by atoms with E-state index in [1.54, 1.807) is 12.1 Å². The minimum absolute atomic E-state index is 0.125. The van der Waals surface area contributed by atoms with Gasteiger partial charge < -0.3 is 5.11 Å². The minimum Gasteiger partial charge on any atom is -0.475 e. The molecule has 0 saturated heterocycles. The van der Waals surface area contributed by atoms with E-state index in [0.29, 0.717) is 16.8 Å². The first-order valence-electron chi connectivity index (χ1n) is 6.24. The van der Waals surface area contributed by atoms with Gasteiger partial charge in [-0.25, -0.2) is 18.2 Å². The summed E-state index contributed by atoms with van der Waals surface area (Å²) in [5, 5.41) is 9.21. The van der Waals surface area contributed by atoms with Crippen molar-refractivity contribution in [2.45, 2.75) is 4.90 Å². The molecule has 1 N–H and O–H groups in total. The average Bonchev–Trinajstić information content (AvgIpc) is 2.86. The fourth-order valence-corrected chi connectivity index (χ4v) is 2.79. The molecule has 3 aromatic rings. The molecule has 22 heavy (non-hydrogen) atoms. The van der Waals surface area contributed by atoms with Crippen molar-refractivity contribution >= 4 is 21.3 Å². The van der Waals surface area contributed by atoms with Crippen LogP contribution in [0.25, 0.3) is 16.8 Å². The highest BCUT2D eigenvalue weighted by Gasteiger charge is 2.18. The van der Waals surface area contributed by atoms with Crippen molar-refractivity contribution in [3.63, 3.8) is 0 Å². The van der Waals surface area contributed by atoms with Gasteiger partial charge >= 0.3 is 5.97 Å². The summed E-state index contributed by atoms with van der Waals surface area (Å²) >= 11 is 0. The first kappa shape index (κ1) is 14.2. The summed E-state index contributed by atoms with van der Waals surface area (Å²) in [5.41, 5.74) is 1.59.